The zero-order valence-electron chi connectivity index (χ0n) is 13.0. The highest BCUT2D eigenvalue weighted by Crippen LogP contribution is 2.23. The van der Waals surface area contributed by atoms with Crippen LogP contribution in [0.15, 0.2) is 10.6 Å². The van der Waals surface area contributed by atoms with Gasteiger partial charge in [0.1, 0.15) is 0 Å². The Labute approximate surface area is 143 Å². The molecule has 1 saturated heterocycles. The van der Waals surface area contributed by atoms with Crippen molar-refractivity contribution in [1.29, 1.82) is 0 Å². The van der Waals surface area contributed by atoms with Crippen molar-refractivity contribution in [2.45, 2.75) is 19.4 Å². The minimum atomic E-state index is -0.839. The Morgan fingerprint density at radius 2 is 2.26 bits per heavy atom. The summed E-state index contributed by atoms with van der Waals surface area (Å²) in [6, 6.07) is 1.30. The van der Waals surface area contributed by atoms with Gasteiger partial charge in [-0.3, -0.25) is 9.59 Å². The third-order valence-electron chi connectivity index (χ3n) is 3.40. The Kier molecular flexibility index (Phi) is 5.94. The molecule has 0 saturated carbocycles. The van der Waals surface area contributed by atoms with Crippen molar-refractivity contribution in [2.24, 2.45) is 5.92 Å². The van der Waals surface area contributed by atoms with E-state index in [4.69, 9.17) is 16.1 Å². The minimum absolute atomic E-state index is 0.0108. The molecule has 23 heavy (non-hydrogen) atoms. The predicted octanol–water partition coefficient (Wildman–Crippen LogP) is 1.02. The number of aromatic nitrogens is 1. The molecular weight excluding hydrogens is 342 g/mol. The second-order valence-electron chi connectivity index (χ2n) is 6.07. The van der Waals surface area contributed by atoms with E-state index in [1.807, 2.05) is 0 Å². The van der Waals surface area contributed by atoms with Gasteiger partial charge in [-0.15, -0.1) is 0 Å². The van der Waals surface area contributed by atoms with Gasteiger partial charge in [-0.1, -0.05) is 30.6 Å². The Hall–Kier alpha value is -1.25. The van der Waals surface area contributed by atoms with Crippen LogP contribution in [0.25, 0.3) is 0 Å². The van der Waals surface area contributed by atoms with Crippen LogP contribution < -0.4 is 5.32 Å². The highest BCUT2D eigenvalue weighted by Gasteiger charge is 2.46. The molecule has 1 aliphatic rings. The summed E-state index contributed by atoms with van der Waals surface area (Å²) in [6.45, 7) is 4.49. The fourth-order valence-corrected chi connectivity index (χ4v) is 3.30. The van der Waals surface area contributed by atoms with Gasteiger partial charge in [0.05, 0.1) is 17.9 Å². The maximum Gasteiger partial charge on any atom is 0.290 e. The molecule has 1 aliphatic heterocycles. The molecule has 0 aliphatic carbocycles. The van der Waals surface area contributed by atoms with Crippen molar-refractivity contribution < 1.29 is 19.2 Å². The molecule has 2 heterocycles. The average Bonchev–Trinajstić information content (AvgIpc) is 2.88. The highest BCUT2D eigenvalue weighted by molar-refractivity contribution is 7.99. The van der Waals surface area contributed by atoms with E-state index in [-0.39, 0.29) is 36.5 Å². The third-order valence-corrected chi connectivity index (χ3v) is 4.93. The smallest absolute Gasteiger partial charge is 0.290 e. The van der Waals surface area contributed by atoms with Gasteiger partial charge in [0.25, 0.3) is 5.91 Å². The lowest BCUT2D eigenvalue weighted by Gasteiger charge is -2.49. The summed E-state index contributed by atoms with van der Waals surface area (Å²) in [7, 11) is 0. The predicted molar refractivity (Wildman–Crippen MR) is 87.5 cm³/mol. The second-order valence-corrected chi connectivity index (χ2v) is 7.48. The molecule has 0 radical (unpaired) electrons. The molecule has 0 aromatic carbocycles. The molecule has 0 atom stereocenters. The zero-order valence-corrected chi connectivity index (χ0v) is 14.6. The van der Waals surface area contributed by atoms with Crippen LogP contribution in [0.3, 0.4) is 0 Å². The van der Waals surface area contributed by atoms with Crippen LogP contribution in [0.4, 0.5) is 0 Å². The molecule has 2 amide bonds. The first kappa shape index (κ1) is 18.1. The number of amides is 2. The summed E-state index contributed by atoms with van der Waals surface area (Å²) < 4.78 is 4.78. The number of thioether (sulfide) groups is 1. The number of nitrogens with one attached hydrogen (secondary N) is 1. The van der Waals surface area contributed by atoms with Crippen LogP contribution in [0, 0.1) is 5.92 Å². The van der Waals surface area contributed by atoms with E-state index >= 15 is 0 Å². The largest absolute Gasteiger partial charge is 0.394 e. The number of hydrogen-bond acceptors (Lipinski definition) is 6. The molecule has 0 bridgehead atoms. The summed E-state index contributed by atoms with van der Waals surface area (Å²) >= 11 is 7.19. The van der Waals surface area contributed by atoms with E-state index in [0.29, 0.717) is 11.7 Å². The highest BCUT2D eigenvalue weighted by atomic mass is 35.5. The molecule has 2 N–H and O–H groups in total. The Balaban J connectivity index is 1.83. The van der Waals surface area contributed by atoms with Crippen LogP contribution in [-0.2, 0) is 4.79 Å². The van der Waals surface area contributed by atoms with Gasteiger partial charge in [0.2, 0.25) is 11.7 Å². The van der Waals surface area contributed by atoms with Crippen molar-refractivity contribution >= 4 is 35.2 Å². The lowest BCUT2D eigenvalue weighted by atomic mass is 9.90. The van der Waals surface area contributed by atoms with Gasteiger partial charge in [-0.05, 0) is 11.7 Å². The molecule has 9 heteroatoms. The number of halogens is 1. The van der Waals surface area contributed by atoms with E-state index < -0.39 is 11.4 Å². The molecule has 7 nitrogen and oxygen atoms in total. The normalized spacial score (nSPS) is 16.3. The SMILES string of the molecule is CC(C)CSCC(=O)N1CC(CO)(NC(=O)c2cc(Cl)no2)C1. The van der Waals surface area contributed by atoms with Gasteiger partial charge in [0.15, 0.2) is 5.15 Å². The first-order chi connectivity index (χ1) is 10.8. The van der Waals surface area contributed by atoms with E-state index in [1.165, 1.54) is 6.07 Å². The summed E-state index contributed by atoms with van der Waals surface area (Å²) in [5, 5.41) is 15.8. The van der Waals surface area contributed by atoms with Gasteiger partial charge in [-0.25, -0.2) is 0 Å². The van der Waals surface area contributed by atoms with E-state index in [2.05, 4.69) is 24.3 Å². The Morgan fingerprint density at radius 1 is 1.57 bits per heavy atom. The molecule has 128 valence electrons. The summed E-state index contributed by atoms with van der Waals surface area (Å²) in [5.74, 6) is 1.34. The monoisotopic (exact) mass is 361 g/mol. The van der Waals surface area contributed by atoms with Gasteiger partial charge in [0, 0.05) is 19.2 Å². The van der Waals surface area contributed by atoms with Crippen LogP contribution >= 0.6 is 23.4 Å². The first-order valence-corrected chi connectivity index (χ1v) is 8.79. The quantitative estimate of drug-likeness (QED) is 0.752. The lowest BCUT2D eigenvalue weighted by Crippen LogP contribution is -2.73. The lowest BCUT2D eigenvalue weighted by molar-refractivity contribution is -0.138. The fourth-order valence-electron chi connectivity index (χ4n) is 2.22. The number of carbonyl (C=O) groups excluding carboxylic acids is 2. The third kappa shape index (κ3) is 4.62. The van der Waals surface area contributed by atoms with Crippen molar-refractivity contribution in [2.75, 3.05) is 31.2 Å². The van der Waals surface area contributed by atoms with E-state index in [0.717, 1.165) is 5.75 Å². The fraction of sp³-hybridized carbons (Fsp3) is 0.643. The average molecular weight is 362 g/mol. The van der Waals surface area contributed by atoms with Crippen LogP contribution in [0.1, 0.15) is 24.4 Å². The minimum Gasteiger partial charge on any atom is -0.394 e. The number of aliphatic hydroxyl groups is 1. The molecule has 1 aromatic rings. The van der Waals surface area contributed by atoms with Gasteiger partial charge >= 0.3 is 0 Å². The number of nitrogens with zero attached hydrogens (tertiary/aromatic N) is 2. The number of carbonyl (C=O) groups is 2. The Morgan fingerprint density at radius 3 is 2.78 bits per heavy atom. The first-order valence-electron chi connectivity index (χ1n) is 7.26. The van der Waals surface area contributed by atoms with Gasteiger partial charge < -0.3 is 19.8 Å². The number of aliphatic hydroxyl groups excluding tert-OH is 1. The molecule has 1 fully saturated rings. The standard InChI is InChI=1S/C14H20ClN3O4S/c1-9(2)4-23-5-12(20)18-6-14(7-18,8-19)16-13(21)10-3-11(15)17-22-10/h3,9,19H,4-8H2,1-2H3,(H,16,21). The maximum absolute atomic E-state index is 12.0. The van der Waals surface area contributed by atoms with Gasteiger partial charge in [-0.2, -0.15) is 11.8 Å². The second kappa shape index (κ2) is 7.55. The number of hydrogen-bond donors (Lipinski definition) is 2. The Bertz CT molecular complexity index is 572. The number of rotatable bonds is 7. The summed E-state index contributed by atoms with van der Waals surface area (Å²) in [6.07, 6.45) is 0. The van der Waals surface area contributed by atoms with Crippen LogP contribution in [0.5, 0.6) is 0 Å². The zero-order chi connectivity index (χ0) is 17.0. The molecule has 0 spiro atoms. The van der Waals surface area contributed by atoms with Crippen molar-refractivity contribution in [1.82, 2.24) is 15.4 Å². The topological polar surface area (TPSA) is 95.7 Å². The van der Waals surface area contributed by atoms with Crippen molar-refractivity contribution in [3.8, 4) is 0 Å². The summed E-state index contributed by atoms with van der Waals surface area (Å²) in [5.41, 5.74) is -0.839. The van der Waals surface area contributed by atoms with Crippen molar-refractivity contribution in [3.63, 3.8) is 0 Å². The van der Waals surface area contributed by atoms with Crippen molar-refractivity contribution in [3.05, 3.63) is 17.0 Å². The maximum atomic E-state index is 12.0. The molecule has 1 aromatic heterocycles. The van der Waals surface area contributed by atoms with E-state index in [9.17, 15) is 14.7 Å². The molecule has 0 unspecified atom stereocenters. The summed E-state index contributed by atoms with van der Waals surface area (Å²) in [4.78, 5) is 25.7. The van der Waals surface area contributed by atoms with Crippen LogP contribution in [0.2, 0.25) is 5.15 Å². The molecule has 2 rings (SSSR count). The molecular formula is C14H20ClN3O4S. The van der Waals surface area contributed by atoms with Crippen LogP contribution in [-0.4, -0.2) is 63.7 Å². The van der Waals surface area contributed by atoms with E-state index in [1.54, 1.807) is 16.7 Å². The number of likely N-dealkylation sites (tertiary alicyclic amines) is 1.